The fraction of sp³-hybridized carbons (Fsp3) is 0.727. The Bertz CT molecular complexity index is 389. The van der Waals surface area contributed by atoms with Gasteiger partial charge < -0.3 is 10.2 Å². The highest BCUT2D eigenvalue weighted by molar-refractivity contribution is 7.17. The number of hydrogen-bond donors (Lipinski definition) is 1. The van der Waals surface area contributed by atoms with Crippen molar-refractivity contribution in [2.45, 2.75) is 38.6 Å². The van der Waals surface area contributed by atoms with Crippen molar-refractivity contribution in [1.82, 2.24) is 15.1 Å². The molecule has 94 valence electrons. The van der Waals surface area contributed by atoms with Crippen molar-refractivity contribution in [2.24, 2.45) is 0 Å². The highest BCUT2D eigenvalue weighted by Crippen LogP contribution is 2.26. The Morgan fingerprint density at radius 1 is 1.53 bits per heavy atom. The molecule has 0 aromatic carbocycles. The lowest BCUT2D eigenvalue weighted by Crippen LogP contribution is -2.41. The van der Waals surface area contributed by atoms with Gasteiger partial charge in [0.25, 0.3) is 5.91 Å². The van der Waals surface area contributed by atoms with Gasteiger partial charge in [-0.15, -0.1) is 10.2 Å². The van der Waals surface area contributed by atoms with Crippen molar-refractivity contribution in [3.8, 4) is 0 Å². The second kappa shape index (κ2) is 5.44. The predicted molar refractivity (Wildman–Crippen MR) is 68.4 cm³/mol. The third-order valence-corrected chi connectivity index (χ3v) is 3.95. The number of amides is 1. The summed E-state index contributed by atoms with van der Waals surface area (Å²) in [5.41, 5.74) is 0. The Morgan fingerprint density at radius 2 is 2.29 bits per heavy atom. The van der Waals surface area contributed by atoms with Gasteiger partial charge in [-0.25, -0.2) is 0 Å². The van der Waals surface area contributed by atoms with Crippen molar-refractivity contribution in [3.63, 3.8) is 0 Å². The molecule has 1 aliphatic rings. The van der Waals surface area contributed by atoms with Crippen molar-refractivity contribution < 1.29 is 4.79 Å². The molecule has 1 heterocycles. The molecular formula is C11H18N4OS. The smallest absolute Gasteiger partial charge is 0.284 e. The maximum absolute atomic E-state index is 12.1. The number of nitrogens with zero attached hydrogens (tertiary/aromatic N) is 3. The van der Waals surface area contributed by atoms with Crippen molar-refractivity contribution in [3.05, 3.63) is 5.01 Å². The summed E-state index contributed by atoms with van der Waals surface area (Å²) >= 11 is 1.34. The molecule has 0 aliphatic heterocycles. The molecule has 0 unspecified atom stereocenters. The topological polar surface area (TPSA) is 58.1 Å². The van der Waals surface area contributed by atoms with E-state index in [4.69, 9.17) is 0 Å². The molecule has 2 rings (SSSR count). The van der Waals surface area contributed by atoms with Crippen LogP contribution < -0.4 is 5.32 Å². The molecule has 1 aliphatic carbocycles. The summed E-state index contributed by atoms with van der Waals surface area (Å²) in [6.07, 6.45) is 4.48. The Kier molecular flexibility index (Phi) is 3.93. The summed E-state index contributed by atoms with van der Waals surface area (Å²) in [6.45, 7) is 2.95. The van der Waals surface area contributed by atoms with Gasteiger partial charge in [-0.1, -0.05) is 18.3 Å². The summed E-state index contributed by atoms with van der Waals surface area (Å²) in [4.78, 5) is 13.9. The van der Waals surface area contributed by atoms with E-state index in [1.54, 1.807) is 4.90 Å². The normalized spacial score (nSPS) is 15.4. The SMILES string of the molecule is CCCNc1nnc(C(=O)N(C)C2CCC2)s1. The number of aromatic nitrogens is 2. The standard InChI is InChI=1S/C11H18N4OS/c1-3-7-12-11-14-13-9(17-11)10(16)15(2)8-5-4-6-8/h8H,3-7H2,1-2H3,(H,12,14). The van der Waals surface area contributed by atoms with Crippen LogP contribution in [0.2, 0.25) is 0 Å². The van der Waals surface area contributed by atoms with Gasteiger partial charge in [-0.2, -0.15) is 0 Å². The van der Waals surface area contributed by atoms with E-state index in [1.165, 1.54) is 17.8 Å². The van der Waals surface area contributed by atoms with E-state index in [-0.39, 0.29) is 5.91 Å². The lowest BCUT2D eigenvalue weighted by molar-refractivity contribution is 0.0651. The molecule has 0 saturated heterocycles. The number of carbonyl (C=O) groups excluding carboxylic acids is 1. The van der Waals surface area contributed by atoms with Crippen molar-refractivity contribution >= 4 is 22.4 Å². The van der Waals surface area contributed by atoms with Crippen LogP contribution in [0.5, 0.6) is 0 Å². The average molecular weight is 254 g/mol. The zero-order chi connectivity index (χ0) is 12.3. The second-order valence-corrected chi connectivity index (χ2v) is 5.32. The van der Waals surface area contributed by atoms with Crippen LogP contribution in [-0.2, 0) is 0 Å². The van der Waals surface area contributed by atoms with Gasteiger partial charge in [-0.05, 0) is 25.7 Å². The van der Waals surface area contributed by atoms with Crippen LogP contribution in [0.25, 0.3) is 0 Å². The predicted octanol–water partition coefficient (Wildman–Crippen LogP) is 1.98. The zero-order valence-electron chi connectivity index (χ0n) is 10.3. The Labute approximate surface area is 105 Å². The third-order valence-electron chi connectivity index (χ3n) is 3.08. The molecule has 0 atom stereocenters. The summed E-state index contributed by atoms with van der Waals surface area (Å²) in [6, 6.07) is 0.401. The molecule has 1 fully saturated rings. The number of hydrogen-bond acceptors (Lipinski definition) is 5. The minimum absolute atomic E-state index is 0.00301. The minimum Gasteiger partial charge on any atom is -0.360 e. The molecule has 17 heavy (non-hydrogen) atoms. The van der Waals surface area contributed by atoms with E-state index in [0.29, 0.717) is 11.0 Å². The van der Waals surface area contributed by atoms with Crippen LogP contribution in [0, 0.1) is 0 Å². The Morgan fingerprint density at radius 3 is 2.88 bits per heavy atom. The van der Waals surface area contributed by atoms with Crippen molar-refractivity contribution in [1.29, 1.82) is 0 Å². The van der Waals surface area contributed by atoms with Crippen LogP contribution >= 0.6 is 11.3 Å². The first-order valence-corrected chi connectivity index (χ1v) is 6.88. The fourth-order valence-corrected chi connectivity index (χ4v) is 2.46. The largest absolute Gasteiger partial charge is 0.360 e. The Balaban J connectivity index is 1.96. The van der Waals surface area contributed by atoms with E-state index in [9.17, 15) is 4.79 Å². The quantitative estimate of drug-likeness (QED) is 0.873. The first-order valence-electron chi connectivity index (χ1n) is 6.07. The molecule has 1 amide bonds. The summed E-state index contributed by atoms with van der Waals surface area (Å²) in [7, 11) is 1.85. The average Bonchev–Trinajstić information content (AvgIpc) is 2.71. The summed E-state index contributed by atoms with van der Waals surface area (Å²) < 4.78 is 0. The molecule has 0 spiro atoms. The fourth-order valence-electron chi connectivity index (χ4n) is 1.70. The maximum Gasteiger partial charge on any atom is 0.284 e. The molecular weight excluding hydrogens is 236 g/mol. The van der Waals surface area contributed by atoms with E-state index in [2.05, 4.69) is 22.4 Å². The van der Waals surface area contributed by atoms with Crippen LogP contribution in [0.1, 0.15) is 42.4 Å². The monoisotopic (exact) mass is 254 g/mol. The van der Waals surface area contributed by atoms with E-state index in [0.717, 1.165) is 30.9 Å². The minimum atomic E-state index is -0.00301. The number of anilines is 1. The first kappa shape index (κ1) is 12.3. The first-order chi connectivity index (χ1) is 8.22. The van der Waals surface area contributed by atoms with Gasteiger partial charge in [0.05, 0.1) is 0 Å². The number of carbonyl (C=O) groups is 1. The lowest BCUT2D eigenvalue weighted by Gasteiger charge is -2.34. The molecule has 1 saturated carbocycles. The molecule has 1 N–H and O–H groups in total. The number of rotatable bonds is 5. The van der Waals surface area contributed by atoms with Gasteiger partial charge in [0.2, 0.25) is 10.1 Å². The second-order valence-electron chi connectivity index (χ2n) is 4.34. The molecule has 0 bridgehead atoms. The van der Waals surface area contributed by atoms with Crippen LogP contribution in [0.3, 0.4) is 0 Å². The van der Waals surface area contributed by atoms with Crippen molar-refractivity contribution in [2.75, 3.05) is 18.9 Å². The van der Waals surface area contributed by atoms with Gasteiger partial charge in [0.1, 0.15) is 0 Å². The van der Waals surface area contributed by atoms with E-state index < -0.39 is 0 Å². The maximum atomic E-state index is 12.1. The molecule has 1 aromatic heterocycles. The molecule has 5 nitrogen and oxygen atoms in total. The zero-order valence-corrected chi connectivity index (χ0v) is 11.1. The molecule has 0 radical (unpaired) electrons. The third kappa shape index (κ3) is 2.74. The van der Waals surface area contributed by atoms with Gasteiger partial charge >= 0.3 is 0 Å². The van der Waals surface area contributed by atoms with E-state index in [1.807, 2.05) is 7.05 Å². The summed E-state index contributed by atoms with van der Waals surface area (Å²) in [5, 5.41) is 12.3. The van der Waals surface area contributed by atoms with Gasteiger partial charge in [0, 0.05) is 19.6 Å². The molecule has 1 aromatic rings. The number of nitrogens with one attached hydrogen (secondary N) is 1. The highest BCUT2D eigenvalue weighted by atomic mass is 32.1. The highest BCUT2D eigenvalue weighted by Gasteiger charge is 2.28. The summed E-state index contributed by atoms with van der Waals surface area (Å²) in [5.74, 6) is -0.00301. The lowest BCUT2D eigenvalue weighted by atomic mass is 9.92. The van der Waals surface area contributed by atoms with E-state index >= 15 is 0 Å². The van der Waals surface area contributed by atoms with Crippen LogP contribution in [0.4, 0.5) is 5.13 Å². The van der Waals surface area contributed by atoms with Crippen LogP contribution in [0.15, 0.2) is 0 Å². The molecule has 6 heteroatoms. The van der Waals surface area contributed by atoms with Crippen LogP contribution in [-0.4, -0.2) is 40.6 Å². The van der Waals surface area contributed by atoms with Gasteiger partial charge in [-0.3, -0.25) is 4.79 Å². The Hall–Kier alpha value is -1.17. The van der Waals surface area contributed by atoms with Gasteiger partial charge in [0.15, 0.2) is 0 Å².